The number of nitro groups is 1. The number of non-ortho nitro benzene ring substituents is 1. The molecule has 0 saturated carbocycles. The van der Waals surface area contributed by atoms with E-state index in [4.69, 9.17) is 9.47 Å². The minimum Gasteiger partial charge on any atom is -0.486 e. The monoisotopic (exact) mass is 497 g/mol. The van der Waals surface area contributed by atoms with Crippen LogP contribution in [0.4, 0.5) is 11.4 Å². The van der Waals surface area contributed by atoms with Crippen molar-refractivity contribution in [3.8, 4) is 11.5 Å². The molecule has 2 N–H and O–H groups in total. The van der Waals surface area contributed by atoms with Gasteiger partial charge in [0.2, 0.25) is 0 Å². The lowest BCUT2D eigenvalue weighted by atomic mass is 10.0. The van der Waals surface area contributed by atoms with E-state index in [1.807, 2.05) is 25.1 Å². The predicted octanol–water partition coefficient (Wildman–Crippen LogP) is 4.05. The van der Waals surface area contributed by atoms with Gasteiger partial charge in [0.05, 0.1) is 15.9 Å². The second kappa shape index (κ2) is 10.0. The van der Waals surface area contributed by atoms with Crippen LogP contribution in [-0.2, 0) is 10.0 Å². The van der Waals surface area contributed by atoms with E-state index in [-0.39, 0.29) is 28.2 Å². The molecule has 3 aromatic carbocycles. The lowest BCUT2D eigenvalue weighted by Gasteiger charge is -2.22. The number of benzene rings is 3. The highest BCUT2D eigenvalue weighted by molar-refractivity contribution is 7.92. The molecular formula is C24H23N3O7S. The van der Waals surface area contributed by atoms with Crippen LogP contribution in [0.3, 0.4) is 0 Å². The van der Waals surface area contributed by atoms with Crippen molar-refractivity contribution in [3.63, 3.8) is 0 Å². The summed E-state index contributed by atoms with van der Waals surface area (Å²) < 4.78 is 38.7. The fourth-order valence-electron chi connectivity index (χ4n) is 3.61. The maximum atomic E-state index is 12.8. The van der Waals surface area contributed by atoms with Crippen LogP contribution < -0.4 is 19.5 Å². The van der Waals surface area contributed by atoms with E-state index in [0.717, 1.165) is 11.6 Å². The van der Waals surface area contributed by atoms with Crippen molar-refractivity contribution in [3.05, 3.63) is 88.0 Å². The first-order valence-corrected chi connectivity index (χ1v) is 12.3. The summed E-state index contributed by atoms with van der Waals surface area (Å²) >= 11 is 0. The third-order valence-corrected chi connectivity index (χ3v) is 6.80. The molecule has 0 radical (unpaired) electrons. The van der Waals surface area contributed by atoms with Crippen LogP contribution in [0.1, 0.15) is 35.3 Å². The van der Waals surface area contributed by atoms with Crippen molar-refractivity contribution in [1.82, 2.24) is 5.32 Å². The summed E-state index contributed by atoms with van der Waals surface area (Å²) in [6.07, 6.45) is 0.645. The molecular weight excluding hydrogens is 474 g/mol. The van der Waals surface area contributed by atoms with Crippen LogP contribution in [0.15, 0.2) is 71.6 Å². The fraction of sp³-hybridized carbons (Fsp3) is 0.208. The minimum atomic E-state index is -4.05. The zero-order valence-corrected chi connectivity index (χ0v) is 19.6. The highest BCUT2D eigenvalue weighted by Gasteiger charge is 2.20. The van der Waals surface area contributed by atoms with E-state index in [2.05, 4.69) is 10.0 Å². The molecule has 0 bridgehead atoms. The molecule has 35 heavy (non-hydrogen) atoms. The number of nitrogens with one attached hydrogen (secondary N) is 2. The van der Waals surface area contributed by atoms with Crippen molar-refractivity contribution in [2.75, 3.05) is 17.9 Å². The van der Waals surface area contributed by atoms with Gasteiger partial charge in [-0.05, 0) is 54.4 Å². The highest BCUT2D eigenvalue weighted by atomic mass is 32.2. The Morgan fingerprint density at radius 1 is 1.03 bits per heavy atom. The lowest BCUT2D eigenvalue weighted by molar-refractivity contribution is -0.385. The molecule has 1 amide bonds. The number of sulfonamides is 1. The maximum Gasteiger partial charge on any atom is 0.270 e. The summed E-state index contributed by atoms with van der Waals surface area (Å²) in [4.78, 5) is 22.9. The van der Waals surface area contributed by atoms with E-state index >= 15 is 0 Å². The largest absolute Gasteiger partial charge is 0.486 e. The maximum absolute atomic E-state index is 12.8. The number of carbonyl (C=O) groups excluding carboxylic acids is 1. The Morgan fingerprint density at radius 3 is 2.43 bits per heavy atom. The van der Waals surface area contributed by atoms with Gasteiger partial charge < -0.3 is 14.8 Å². The number of anilines is 1. The smallest absolute Gasteiger partial charge is 0.270 e. The van der Waals surface area contributed by atoms with Gasteiger partial charge in [0.15, 0.2) is 11.5 Å². The van der Waals surface area contributed by atoms with Crippen molar-refractivity contribution >= 4 is 27.3 Å². The van der Waals surface area contributed by atoms with Crippen molar-refractivity contribution in [2.45, 2.75) is 24.3 Å². The van der Waals surface area contributed by atoms with Gasteiger partial charge in [-0.25, -0.2) is 8.42 Å². The molecule has 3 aromatic rings. The highest BCUT2D eigenvalue weighted by Crippen LogP contribution is 2.33. The predicted molar refractivity (Wildman–Crippen MR) is 128 cm³/mol. The zero-order valence-electron chi connectivity index (χ0n) is 18.8. The van der Waals surface area contributed by atoms with E-state index in [1.54, 1.807) is 0 Å². The molecule has 0 saturated heterocycles. The molecule has 1 aliphatic heterocycles. The van der Waals surface area contributed by atoms with E-state index in [0.29, 0.717) is 36.7 Å². The Kier molecular flexibility index (Phi) is 6.87. The molecule has 0 fully saturated rings. The van der Waals surface area contributed by atoms with Gasteiger partial charge >= 0.3 is 0 Å². The van der Waals surface area contributed by atoms with Gasteiger partial charge in [-0.15, -0.1) is 0 Å². The average Bonchev–Trinajstić information content (AvgIpc) is 2.87. The Morgan fingerprint density at radius 2 is 1.74 bits per heavy atom. The first kappa shape index (κ1) is 24.0. The number of amides is 1. The lowest BCUT2D eigenvalue weighted by Crippen LogP contribution is -2.28. The van der Waals surface area contributed by atoms with Crippen LogP contribution in [0, 0.1) is 10.1 Å². The Labute approximate surface area is 202 Å². The molecule has 10 nitrogen and oxygen atoms in total. The van der Waals surface area contributed by atoms with Gasteiger partial charge in [0.1, 0.15) is 13.2 Å². The number of carbonyl (C=O) groups is 1. The van der Waals surface area contributed by atoms with Gasteiger partial charge in [-0.2, -0.15) is 0 Å². The van der Waals surface area contributed by atoms with Crippen LogP contribution in [0.5, 0.6) is 11.5 Å². The number of nitro benzene ring substituents is 1. The van der Waals surface area contributed by atoms with E-state index in [1.165, 1.54) is 42.5 Å². The summed E-state index contributed by atoms with van der Waals surface area (Å²) in [5.74, 6) is 0.992. The summed E-state index contributed by atoms with van der Waals surface area (Å²) in [6.45, 7) is 2.92. The standard InChI is InChI=1S/C24H23N3O7S/c1-2-21(17-8-11-22-23(14-17)34-13-12-33-22)25-24(28)16-6-9-18(10-7-16)26-35(31,32)20-5-3-4-19(15-20)27(29)30/h3-11,14-15,21,26H,2,12-13H2,1H3,(H,25,28). The topological polar surface area (TPSA) is 137 Å². The number of fused-ring (bicyclic) bond motifs is 1. The van der Waals surface area contributed by atoms with Crippen molar-refractivity contribution in [2.24, 2.45) is 0 Å². The molecule has 0 aliphatic carbocycles. The molecule has 4 rings (SSSR count). The molecule has 11 heteroatoms. The Bertz CT molecular complexity index is 1360. The van der Waals surface area contributed by atoms with Crippen molar-refractivity contribution < 1.29 is 27.6 Å². The summed E-state index contributed by atoms with van der Waals surface area (Å²) in [5, 5.41) is 13.9. The van der Waals surface area contributed by atoms with E-state index in [9.17, 15) is 23.3 Å². The molecule has 1 atom stereocenters. The fourth-order valence-corrected chi connectivity index (χ4v) is 4.71. The average molecular weight is 498 g/mol. The molecule has 1 unspecified atom stereocenters. The number of hydrogen-bond donors (Lipinski definition) is 2. The second-order valence-electron chi connectivity index (χ2n) is 7.77. The number of hydrogen-bond acceptors (Lipinski definition) is 7. The Balaban J connectivity index is 1.45. The van der Waals surface area contributed by atoms with Crippen LogP contribution in [-0.4, -0.2) is 32.5 Å². The third-order valence-electron chi connectivity index (χ3n) is 5.42. The third kappa shape index (κ3) is 5.52. The van der Waals surface area contributed by atoms with Crippen LogP contribution in [0.2, 0.25) is 0 Å². The molecule has 1 aliphatic rings. The zero-order chi connectivity index (χ0) is 25.0. The summed E-state index contributed by atoms with van der Waals surface area (Å²) in [6, 6.07) is 16.0. The molecule has 1 heterocycles. The minimum absolute atomic E-state index is 0.215. The normalized spacial score (nSPS) is 13.5. The first-order chi connectivity index (χ1) is 16.8. The van der Waals surface area contributed by atoms with E-state index < -0.39 is 14.9 Å². The van der Waals surface area contributed by atoms with Crippen molar-refractivity contribution in [1.29, 1.82) is 0 Å². The quantitative estimate of drug-likeness (QED) is 0.354. The first-order valence-electron chi connectivity index (χ1n) is 10.8. The Hall–Kier alpha value is -4.12. The molecule has 0 aromatic heterocycles. The van der Waals surface area contributed by atoms with Crippen LogP contribution >= 0.6 is 0 Å². The van der Waals surface area contributed by atoms with Gasteiger partial charge in [-0.1, -0.05) is 19.1 Å². The second-order valence-corrected chi connectivity index (χ2v) is 9.46. The summed E-state index contributed by atoms with van der Waals surface area (Å²) in [5.41, 5.74) is 1.11. The number of rotatable bonds is 8. The number of nitrogens with zero attached hydrogens (tertiary/aromatic N) is 1. The SMILES string of the molecule is CCC(NC(=O)c1ccc(NS(=O)(=O)c2cccc([N+](=O)[O-])c2)cc1)c1ccc2c(c1)OCCO2. The van der Waals surface area contributed by atoms with Gasteiger partial charge in [-0.3, -0.25) is 19.6 Å². The summed E-state index contributed by atoms with van der Waals surface area (Å²) in [7, 11) is -4.05. The van der Waals surface area contributed by atoms with Gasteiger partial charge in [0.25, 0.3) is 21.6 Å². The molecule has 182 valence electrons. The number of ether oxygens (including phenoxy) is 2. The van der Waals surface area contributed by atoms with Crippen LogP contribution in [0.25, 0.3) is 0 Å². The van der Waals surface area contributed by atoms with Gasteiger partial charge in [0, 0.05) is 23.4 Å². The molecule has 0 spiro atoms.